The van der Waals surface area contributed by atoms with E-state index in [0.29, 0.717) is 0 Å². The Bertz CT molecular complexity index is 1140. The van der Waals surface area contributed by atoms with Gasteiger partial charge in [0.15, 0.2) is 11.7 Å². The van der Waals surface area contributed by atoms with Crippen LogP contribution in [0.2, 0.25) is 0 Å². The average molecular weight is 525 g/mol. The van der Waals surface area contributed by atoms with Gasteiger partial charge < -0.3 is 15.2 Å². The van der Waals surface area contributed by atoms with Crippen LogP contribution in [0.1, 0.15) is 18.9 Å². The Morgan fingerprint density at radius 1 is 1.18 bits per heavy atom. The third-order valence-electron chi connectivity index (χ3n) is 4.44. The van der Waals surface area contributed by atoms with Crippen LogP contribution in [0.3, 0.4) is 0 Å². The molecule has 1 atom stereocenters. The molecular weight excluding hydrogens is 507 g/mol. The maximum absolute atomic E-state index is 15.0. The van der Waals surface area contributed by atoms with Crippen LogP contribution < -0.4 is 10.1 Å². The molecule has 0 bridgehead atoms. The quantitative estimate of drug-likeness (QED) is 0.256. The summed E-state index contributed by atoms with van der Waals surface area (Å²) in [5, 5.41) is 10.9. The van der Waals surface area contributed by atoms with Gasteiger partial charge in [-0.1, -0.05) is 12.1 Å². The number of allylic oxidation sites excluding steroid dienone is 5. The predicted octanol–water partition coefficient (Wildman–Crippen LogP) is 5.79. The molecule has 0 aliphatic heterocycles. The van der Waals surface area contributed by atoms with Crippen LogP contribution in [0, 0.1) is 0 Å². The number of hydrogen-bond donors (Lipinski definition) is 2. The summed E-state index contributed by atoms with van der Waals surface area (Å²) in [5.74, 6) is -13.9. The van der Waals surface area contributed by atoms with Crippen molar-refractivity contribution < 1.29 is 45.8 Å². The van der Waals surface area contributed by atoms with E-state index in [0.717, 1.165) is 52.2 Å². The van der Waals surface area contributed by atoms with E-state index in [1.165, 1.54) is 0 Å². The Morgan fingerprint density at radius 2 is 1.82 bits per heavy atom. The van der Waals surface area contributed by atoms with Crippen LogP contribution in [0.15, 0.2) is 64.4 Å². The zero-order chi connectivity index (χ0) is 25.8. The molecule has 1 aliphatic rings. The van der Waals surface area contributed by atoms with E-state index in [2.05, 4.69) is 4.74 Å². The van der Waals surface area contributed by atoms with Crippen molar-refractivity contribution >= 4 is 38.5 Å². The molecule has 13 heteroatoms. The molecule has 0 aromatic heterocycles. The maximum atomic E-state index is 15.0. The molecule has 0 spiro atoms. The number of carboxylic acid groups (broad SMARTS) is 1. The highest BCUT2D eigenvalue weighted by molar-refractivity contribution is 7.98. The fourth-order valence-electron chi connectivity index (χ4n) is 2.86. The van der Waals surface area contributed by atoms with E-state index >= 15 is 0 Å². The fraction of sp³-hybridized carbons (Fsp3) is 0.238. The Balaban J connectivity index is 2.50. The van der Waals surface area contributed by atoms with Crippen molar-refractivity contribution in [3.8, 4) is 5.75 Å². The van der Waals surface area contributed by atoms with Gasteiger partial charge in [0.1, 0.15) is 23.1 Å². The minimum absolute atomic E-state index is 0.141. The van der Waals surface area contributed by atoms with Gasteiger partial charge in [-0.3, -0.25) is 4.79 Å². The summed E-state index contributed by atoms with van der Waals surface area (Å²) in [4.78, 5) is 23.7. The lowest BCUT2D eigenvalue weighted by molar-refractivity contribution is -0.133. The normalized spacial score (nSPS) is 15.8. The third-order valence-corrected chi connectivity index (χ3v) is 5.13. The van der Waals surface area contributed by atoms with Crippen LogP contribution in [0.25, 0.3) is 5.57 Å². The van der Waals surface area contributed by atoms with Gasteiger partial charge in [0.05, 0.1) is 12.0 Å². The van der Waals surface area contributed by atoms with Gasteiger partial charge in [0.25, 0.3) is 5.91 Å². The molecule has 0 heterocycles. The van der Waals surface area contributed by atoms with Crippen molar-refractivity contribution in [2.45, 2.75) is 19.2 Å². The highest BCUT2D eigenvalue weighted by Crippen LogP contribution is 2.41. The molecular formula is C21H18F6NO4PS. The number of ether oxygens (including phenoxy) is 1. The van der Waals surface area contributed by atoms with E-state index in [-0.39, 0.29) is 11.3 Å². The number of thioether (sulfide) groups is 1. The molecule has 0 saturated carbocycles. The second-order valence-corrected chi connectivity index (χ2v) is 8.39. The van der Waals surface area contributed by atoms with Crippen molar-refractivity contribution in [1.82, 2.24) is 5.32 Å². The Kier molecular flexibility index (Phi) is 9.02. The molecule has 0 fully saturated rings. The summed E-state index contributed by atoms with van der Waals surface area (Å²) in [6.07, 6.45) is 0.278. The fourth-order valence-corrected chi connectivity index (χ4v) is 3.63. The lowest BCUT2D eigenvalue weighted by atomic mass is 10.0. The first-order chi connectivity index (χ1) is 15.8. The zero-order valence-corrected chi connectivity index (χ0v) is 19.6. The van der Waals surface area contributed by atoms with Crippen molar-refractivity contribution in [3.05, 3.63) is 70.0 Å². The molecule has 34 heavy (non-hydrogen) atoms. The Labute approximate surface area is 196 Å². The molecule has 5 nitrogen and oxygen atoms in total. The van der Waals surface area contributed by atoms with Gasteiger partial charge in [-0.15, -0.1) is 0 Å². The molecule has 2 N–H and O–H groups in total. The minimum atomic E-state index is -3.70. The first-order valence-electron chi connectivity index (χ1n) is 9.29. The van der Waals surface area contributed by atoms with E-state index < -0.39 is 75.6 Å². The van der Waals surface area contributed by atoms with Crippen molar-refractivity contribution in [1.29, 1.82) is 0 Å². The van der Waals surface area contributed by atoms with Gasteiger partial charge >= 0.3 is 11.8 Å². The summed E-state index contributed by atoms with van der Waals surface area (Å²) >= 11 is 1.05. The maximum Gasteiger partial charge on any atom is 0.408 e. The number of halogens is 6. The van der Waals surface area contributed by atoms with Crippen LogP contribution in [0.5, 0.6) is 5.75 Å². The van der Waals surface area contributed by atoms with Gasteiger partial charge in [0, 0.05) is 16.9 Å². The lowest BCUT2D eigenvalue weighted by Gasteiger charge is -2.14. The number of carbonyl (C=O) groups is 2. The lowest BCUT2D eigenvalue weighted by Crippen LogP contribution is -2.28. The van der Waals surface area contributed by atoms with Gasteiger partial charge in [-0.05, 0) is 40.1 Å². The number of carbonyl (C=O) groups excluding carboxylic acids is 1. The molecule has 0 radical (unpaired) electrons. The standard InChI is InChI=1S/C21H18F6NO4PS/c1-9(20(30)31)12(8-34-2)19(29)28-18-14(23)7-13(22)15(16(24)17(18)25)10-4-3-5-11(6-10)32-21(26,27)33/h3-6H,7-8,33H2,1-2H3,(H,28,29)(H,30,31)/b12-9-. The molecule has 1 aromatic rings. The monoisotopic (exact) mass is 525 g/mol. The van der Waals surface area contributed by atoms with Crippen molar-refractivity contribution in [2.75, 3.05) is 12.0 Å². The molecule has 1 aliphatic carbocycles. The van der Waals surface area contributed by atoms with Crippen LogP contribution in [0.4, 0.5) is 26.3 Å². The second-order valence-electron chi connectivity index (χ2n) is 6.85. The zero-order valence-electron chi connectivity index (χ0n) is 17.6. The topological polar surface area (TPSA) is 75.6 Å². The summed E-state index contributed by atoms with van der Waals surface area (Å²) in [5.41, 5.74) is -3.54. The third kappa shape index (κ3) is 6.66. The number of alkyl halides is 2. The molecule has 0 saturated heterocycles. The number of rotatable bonds is 8. The highest BCUT2D eigenvalue weighted by Gasteiger charge is 2.31. The summed E-state index contributed by atoms with van der Waals surface area (Å²) in [6, 6.07) is 4.03. The number of aliphatic carboxylic acids is 1. The number of hydrogen-bond acceptors (Lipinski definition) is 4. The van der Waals surface area contributed by atoms with Gasteiger partial charge in [-0.2, -0.15) is 20.5 Å². The molecule has 1 amide bonds. The van der Waals surface area contributed by atoms with Crippen molar-refractivity contribution in [2.24, 2.45) is 0 Å². The largest absolute Gasteiger partial charge is 0.478 e. The average Bonchev–Trinajstić information content (AvgIpc) is 2.80. The molecule has 2 rings (SSSR count). The van der Waals surface area contributed by atoms with Crippen LogP contribution in [-0.4, -0.2) is 34.8 Å². The Morgan fingerprint density at radius 3 is 2.38 bits per heavy atom. The molecule has 1 unspecified atom stereocenters. The van der Waals surface area contributed by atoms with Crippen LogP contribution in [-0.2, 0) is 9.59 Å². The SMILES string of the molecule is CSC/C(C(=O)NC1=C(F)CC(F)=C(c2cccc(OC(F)(F)P)c2)C(F)=C1F)=C(\C)C(=O)O. The molecule has 184 valence electrons. The number of carboxylic acids is 1. The van der Waals surface area contributed by atoms with E-state index in [9.17, 15) is 35.9 Å². The van der Waals surface area contributed by atoms with Crippen LogP contribution >= 0.6 is 21.0 Å². The van der Waals surface area contributed by atoms with Gasteiger partial charge in [-0.25, -0.2) is 22.4 Å². The summed E-state index contributed by atoms with van der Waals surface area (Å²) in [6.45, 7) is 1.10. The smallest absolute Gasteiger partial charge is 0.408 e. The summed E-state index contributed by atoms with van der Waals surface area (Å²) < 4.78 is 89.7. The number of benzene rings is 1. The highest BCUT2D eigenvalue weighted by atomic mass is 32.2. The number of amides is 1. The molecule has 1 aromatic carbocycles. The minimum Gasteiger partial charge on any atom is -0.478 e. The number of nitrogens with one attached hydrogen (secondary N) is 1. The Hall–Kier alpha value is -2.72. The summed E-state index contributed by atoms with van der Waals surface area (Å²) in [7, 11) is 1.10. The first kappa shape index (κ1) is 27.5. The first-order valence-corrected chi connectivity index (χ1v) is 11.3. The van der Waals surface area contributed by atoms with E-state index in [4.69, 9.17) is 5.11 Å². The second kappa shape index (κ2) is 11.1. The predicted molar refractivity (Wildman–Crippen MR) is 119 cm³/mol. The van der Waals surface area contributed by atoms with E-state index in [1.807, 2.05) is 0 Å². The van der Waals surface area contributed by atoms with E-state index in [1.54, 1.807) is 11.6 Å². The van der Waals surface area contributed by atoms with Crippen molar-refractivity contribution in [3.63, 3.8) is 0 Å². The van der Waals surface area contributed by atoms with Gasteiger partial charge in [0.2, 0.25) is 0 Å².